The molecule has 0 fully saturated rings. The summed E-state index contributed by atoms with van der Waals surface area (Å²) in [6.45, 7) is 1.34. The molecular weight excluding hydrogens is 311 g/mol. The van der Waals surface area contributed by atoms with E-state index in [1.807, 2.05) is 0 Å². The Bertz CT molecular complexity index is 824. The number of halogens is 3. The predicted molar refractivity (Wildman–Crippen MR) is 66.4 cm³/mol. The molecule has 0 aliphatic heterocycles. The van der Waals surface area contributed by atoms with Crippen molar-refractivity contribution in [1.82, 2.24) is 9.38 Å². The molecule has 0 saturated carbocycles. The Morgan fingerprint density at radius 3 is 2.52 bits per heavy atom. The molecule has 10 heteroatoms. The number of sulfone groups is 1. The molecule has 0 bridgehead atoms. The van der Waals surface area contributed by atoms with Gasteiger partial charge in [0.2, 0.25) is 0 Å². The Labute approximate surface area is 117 Å². The zero-order valence-corrected chi connectivity index (χ0v) is 11.5. The second-order valence-electron chi connectivity index (χ2n) is 4.17. The lowest BCUT2D eigenvalue weighted by atomic mass is 10.2. The summed E-state index contributed by atoms with van der Waals surface area (Å²) in [5.74, 6) is -1.47. The van der Waals surface area contributed by atoms with Gasteiger partial charge >= 0.3 is 6.18 Å². The molecule has 2 N–H and O–H groups in total. The first-order valence-corrected chi connectivity index (χ1v) is 7.35. The summed E-state index contributed by atoms with van der Waals surface area (Å²) >= 11 is 0. The van der Waals surface area contributed by atoms with E-state index in [0.29, 0.717) is 12.1 Å². The number of aromatic nitrogens is 2. The lowest BCUT2D eigenvalue weighted by Gasteiger charge is -2.07. The van der Waals surface area contributed by atoms with Crippen molar-refractivity contribution in [2.75, 3.05) is 5.75 Å². The monoisotopic (exact) mass is 321 g/mol. The van der Waals surface area contributed by atoms with Crippen LogP contribution in [0.1, 0.15) is 23.0 Å². The number of fused-ring (bicyclic) bond motifs is 1. The summed E-state index contributed by atoms with van der Waals surface area (Å²) in [5, 5.41) is -0.499. The SMILES string of the molecule is CCS(=O)(=O)c1c(C(N)=O)nc2cc(C(F)(F)F)ccn12. The van der Waals surface area contributed by atoms with E-state index in [4.69, 9.17) is 5.73 Å². The molecule has 0 atom stereocenters. The second kappa shape index (κ2) is 4.72. The molecule has 21 heavy (non-hydrogen) atoms. The first-order chi connectivity index (χ1) is 9.58. The highest BCUT2D eigenvalue weighted by atomic mass is 32.2. The topological polar surface area (TPSA) is 94.5 Å². The third-order valence-electron chi connectivity index (χ3n) is 2.82. The fourth-order valence-electron chi connectivity index (χ4n) is 1.79. The van der Waals surface area contributed by atoms with Crippen molar-refractivity contribution in [1.29, 1.82) is 0 Å². The molecule has 2 aromatic heterocycles. The van der Waals surface area contributed by atoms with Gasteiger partial charge in [-0.05, 0) is 12.1 Å². The summed E-state index contributed by atoms with van der Waals surface area (Å²) < 4.78 is 62.8. The van der Waals surface area contributed by atoms with Crippen molar-refractivity contribution >= 4 is 21.4 Å². The van der Waals surface area contributed by atoms with Gasteiger partial charge in [0, 0.05) is 6.20 Å². The molecule has 0 aliphatic rings. The number of carbonyl (C=O) groups excluding carboxylic acids is 1. The van der Waals surface area contributed by atoms with Crippen LogP contribution in [0.15, 0.2) is 23.4 Å². The number of rotatable bonds is 3. The third kappa shape index (κ3) is 2.58. The summed E-state index contributed by atoms with van der Waals surface area (Å²) in [6.07, 6.45) is -3.70. The number of carbonyl (C=O) groups is 1. The summed E-state index contributed by atoms with van der Waals surface area (Å²) in [6, 6.07) is 1.36. The minimum absolute atomic E-state index is 0.314. The van der Waals surface area contributed by atoms with Crippen molar-refractivity contribution in [2.45, 2.75) is 18.1 Å². The maximum absolute atomic E-state index is 12.6. The maximum Gasteiger partial charge on any atom is 0.416 e. The van der Waals surface area contributed by atoms with Gasteiger partial charge in [-0.15, -0.1) is 0 Å². The molecule has 0 aromatic carbocycles. The Hall–Kier alpha value is -2.10. The predicted octanol–water partition coefficient (Wildman–Crippen LogP) is 1.25. The van der Waals surface area contributed by atoms with Crippen LogP contribution in [0.25, 0.3) is 5.65 Å². The van der Waals surface area contributed by atoms with E-state index in [9.17, 15) is 26.4 Å². The van der Waals surface area contributed by atoms with Crippen LogP contribution in [0.2, 0.25) is 0 Å². The molecule has 6 nitrogen and oxygen atoms in total. The van der Waals surface area contributed by atoms with Crippen LogP contribution in [-0.2, 0) is 16.0 Å². The van der Waals surface area contributed by atoms with Crippen LogP contribution >= 0.6 is 0 Å². The molecule has 0 radical (unpaired) electrons. The van der Waals surface area contributed by atoms with Crippen LogP contribution in [0.5, 0.6) is 0 Å². The standard InChI is InChI=1S/C11H10F3N3O3S/c1-2-21(19,20)10-8(9(15)18)16-7-5-6(11(12,13)14)3-4-17(7)10/h3-5H,2H2,1H3,(H2,15,18). The number of nitrogens with two attached hydrogens (primary N) is 1. The van der Waals surface area contributed by atoms with E-state index in [1.54, 1.807) is 0 Å². The molecule has 114 valence electrons. The molecule has 2 rings (SSSR count). The van der Waals surface area contributed by atoms with Gasteiger partial charge < -0.3 is 5.73 Å². The lowest BCUT2D eigenvalue weighted by molar-refractivity contribution is -0.137. The molecule has 0 aliphatic carbocycles. The van der Waals surface area contributed by atoms with Crippen molar-refractivity contribution in [2.24, 2.45) is 5.73 Å². The highest BCUT2D eigenvalue weighted by Gasteiger charge is 2.33. The number of pyridine rings is 1. The average molecular weight is 321 g/mol. The number of primary amides is 1. The zero-order valence-electron chi connectivity index (χ0n) is 10.7. The van der Waals surface area contributed by atoms with E-state index in [2.05, 4.69) is 4.98 Å². The van der Waals surface area contributed by atoms with Gasteiger partial charge in [-0.25, -0.2) is 13.4 Å². The number of amides is 1. The Balaban J connectivity index is 2.85. The summed E-state index contributed by atoms with van der Waals surface area (Å²) in [7, 11) is -3.89. The molecular formula is C11H10F3N3O3S. The van der Waals surface area contributed by atoms with E-state index in [1.165, 1.54) is 6.92 Å². The van der Waals surface area contributed by atoms with E-state index in [-0.39, 0.29) is 11.4 Å². The second-order valence-corrected chi connectivity index (χ2v) is 6.37. The van der Waals surface area contributed by atoms with E-state index in [0.717, 1.165) is 10.6 Å². The van der Waals surface area contributed by atoms with E-state index < -0.39 is 38.2 Å². The quantitative estimate of drug-likeness (QED) is 0.920. The smallest absolute Gasteiger partial charge is 0.364 e. The van der Waals surface area contributed by atoms with Crippen molar-refractivity contribution < 1.29 is 26.4 Å². The van der Waals surface area contributed by atoms with Gasteiger partial charge in [0.1, 0.15) is 5.65 Å². The van der Waals surface area contributed by atoms with Crippen LogP contribution in [0.4, 0.5) is 13.2 Å². The Morgan fingerprint density at radius 2 is 2.05 bits per heavy atom. The van der Waals surface area contributed by atoms with Crippen molar-refractivity contribution in [3.05, 3.63) is 29.6 Å². The van der Waals surface area contributed by atoms with Crippen molar-refractivity contribution in [3.8, 4) is 0 Å². The van der Waals surface area contributed by atoms with Crippen LogP contribution in [-0.4, -0.2) is 29.5 Å². The van der Waals surface area contributed by atoms with Crippen LogP contribution in [0.3, 0.4) is 0 Å². The average Bonchev–Trinajstić information content (AvgIpc) is 2.76. The van der Waals surface area contributed by atoms with E-state index >= 15 is 0 Å². The molecule has 0 saturated heterocycles. The number of hydrogen-bond acceptors (Lipinski definition) is 4. The first-order valence-electron chi connectivity index (χ1n) is 5.69. The molecule has 2 heterocycles. The fourth-order valence-corrected chi connectivity index (χ4v) is 2.96. The van der Waals surface area contributed by atoms with Gasteiger partial charge in [0.25, 0.3) is 5.91 Å². The Morgan fingerprint density at radius 1 is 1.43 bits per heavy atom. The molecule has 1 amide bonds. The number of hydrogen-bond donors (Lipinski definition) is 1. The van der Waals surface area contributed by atoms with Crippen molar-refractivity contribution in [3.63, 3.8) is 0 Å². The van der Waals surface area contributed by atoms with Crippen LogP contribution < -0.4 is 5.73 Å². The zero-order chi connectivity index (χ0) is 16.0. The van der Waals surface area contributed by atoms with Crippen LogP contribution in [0, 0.1) is 0 Å². The normalized spacial score (nSPS) is 12.8. The molecule has 2 aromatic rings. The number of alkyl halides is 3. The fraction of sp³-hybridized carbons (Fsp3) is 0.273. The third-order valence-corrected chi connectivity index (χ3v) is 4.56. The van der Waals surface area contributed by atoms with Gasteiger partial charge in [-0.3, -0.25) is 9.20 Å². The minimum atomic E-state index is -4.61. The maximum atomic E-state index is 12.6. The highest BCUT2D eigenvalue weighted by molar-refractivity contribution is 7.91. The summed E-state index contributed by atoms with van der Waals surface area (Å²) in [5.41, 5.74) is 3.16. The molecule has 0 spiro atoms. The molecule has 0 unspecified atom stereocenters. The largest absolute Gasteiger partial charge is 0.416 e. The minimum Gasteiger partial charge on any atom is -0.364 e. The van der Waals surface area contributed by atoms with Gasteiger partial charge in [-0.2, -0.15) is 13.2 Å². The van der Waals surface area contributed by atoms with Gasteiger partial charge in [-0.1, -0.05) is 6.92 Å². The van der Waals surface area contributed by atoms with Gasteiger partial charge in [0.05, 0.1) is 11.3 Å². The number of nitrogens with zero attached hydrogens (tertiary/aromatic N) is 2. The van der Waals surface area contributed by atoms with Gasteiger partial charge in [0.15, 0.2) is 20.6 Å². The Kier molecular flexibility index (Phi) is 3.44. The number of imidazole rings is 1. The summed E-state index contributed by atoms with van der Waals surface area (Å²) in [4.78, 5) is 14.9. The highest BCUT2D eigenvalue weighted by Crippen LogP contribution is 2.30. The first kappa shape index (κ1) is 15.3. The lowest BCUT2D eigenvalue weighted by Crippen LogP contribution is -2.18.